The van der Waals surface area contributed by atoms with Gasteiger partial charge in [-0.25, -0.2) is 0 Å². The van der Waals surface area contributed by atoms with Crippen molar-refractivity contribution in [3.8, 4) is 22.5 Å². The minimum Gasteiger partial charge on any atom is -0.512 e. The van der Waals surface area contributed by atoms with E-state index in [1.54, 1.807) is 12.1 Å². The van der Waals surface area contributed by atoms with Crippen molar-refractivity contribution in [1.29, 1.82) is 0 Å². The van der Waals surface area contributed by atoms with E-state index in [4.69, 9.17) is 21.2 Å². The number of hydrogen-bond donors (Lipinski definition) is 0. The molecule has 0 saturated carbocycles. The summed E-state index contributed by atoms with van der Waals surface area (Å²) in [5.41, 5.74) is 2.88. The molecule has 1 radical (unpaired) electrons. The van der Waals surface area contributed by atoms with Gasteiger partial charge in [-0.3, -0.25) is 4.98 Å². The molecule has 0 amide bonds. The minimum absolute atomic E-state index is 0. The topological polar surface area (TPSA) is 65.0 Å². The van der Waals surface area contributed by atoms with E-state index in [0.717, 1.165) is 28.9 Å². The number of pyridine rings is 3. The van der Waals surface area contributed by atoms with Crippen molar-refractivity contribution in [1.82, 2.24) is 15.0 Å². The first-order valence-corrected chi connectivity index (χ1v) is 17.9. The Balaban J connectivity index is 0.000000254. The molecule has 7 heteroatoms. The number of aromatic nitrogens is 3. The van der Waals surface area contributed by atoms with E-state index in [2.05, 4.69) is 58.9 Å². The SMILES string of the molecule is C[Si](C)(C)c1ccc(-c2[c-]cccc2)nc1.[2H]C([2H])([2H])c1[c-]c(-c2cc(C([2H])([2H])[2H])c(C([2H])([2H])[2H])cn2)c2oc3c(ccc4oc5ccccc5c43)c2n1.[Ir]. The summed E-state index contributed by atoms with van der Waals surface area (Å²) in [6, 6.07) is 30.2. The minimum atomic E-state index is -2.77. The molecule has 231 valence electrons. The van der Waals surface area contributed by atoms with Crippen LogP contribution in [0.3, 0.4) is 0 Å². The number of fused-ring (bicyclic) bond motifs is 7. The maximum absolute atomic E-state index is 7.95. The van der Waals surface area contributed by atoms with E-state index < -0.39 is 39.8 Å². The molecule has 0 unspecified atom stereocenters. The van der Waals surface area contributed by atoms with E-state index >= 15 is 0 Å². The van der Waals surface area contributed by atoms with Crippen LogP contribution in [0.25, 0.3) is 66.5 Å². The Labute approximate surface area is 295 Å². The first-order chi connectivity index (χ1) is 25.3. The van der Waals surface area contributed by atoms with Crippen LogP contribution in [-0.4, -0.2) is 23.0 Å². The first-order valence-electron chi connectivity index (χ1n) is 18.9. The van der Waals surface area contributed by atoms with Crippen LogP contribution in [-0.2, 0) is 20.1 Å². The molecule has 0 aliphatic rings. The number of furan rings is 2. The van der Waals surface area contributed by atoms with Crippen molar-refractivity contribution in [2.24, 2.45) is 0 Å². The smallest absolute Gasteiger partial charge is 0.139 e. The molecule has 8 aromatic rings. The molecule has 0 bridgehead atoms. The monoisotopic (exact) mass is 805 g/mol. The van der Waals surface area contributed by atoms with Gasteiger partial charge in [-0.1, -0.05) is 61.6 Å². The van der Waals surface area contributed by atoms with Crippen LogP contribution in [0.4, 0.5) is 0 Å². The molecule has 3 aromatic carbocycles. The van der Waals surface area contributed by atoms with Gasteiger partial charge in [-0.2, -0.15) is 0 Å². The van der Waals surface area contributed by atoms with E-state index in [1.807, 2.05) is 54.7 Å². The maximum Gasteiger partial charge on any atom is 0.139 e. The number of para-hydroxylation sites is 1. The van der Waals surface area contributed by atoms with E-state index in [1.165, 1.54) is 5.19 Å². The van der Waals surface area contributed by atoms with Gasteiger partial charge in [0.15, 0.2) is 0 Å². The average molecular weight is 805 g/mol. The van der Waals surface area contributed by atoms with Gasteiger partial charge in [0, 0.05) is 55.6 Å². The van der Waals surface area contributed by atoms with Gasteiger partial charge in [0.1, 0.15) is 16.7 Å². The zero-order valence-electron chi connectivity index (χ0n) is 34.2. The number of hydrogen-bond acceptors (Lipinski definition) is 5. The predicted molar refractivity (Wildman–Crippen MR) is 187 cm³/mol. The number of aryl methyl sites for hydroxylation is 3. The zero-order chi connectivity index (χ0) is 38.8. The Morgan fingerprint density at radius 1 is 0.739 bits per heavy atom. The van der Waals surface area contributed by atoms with Crippen molar-refractivity contribution in [2.45, 2.75) is 40.2 Å². The molecule has 5 aromatic heterocycles. The number of benzene rings is 3. The van der Waals surface area contributed by atoms with Crippen molar-refractivity contribution >= 4 is 57.3 Å². The fourth-order valence-electron chi connectivity index (χ4n) is 5.27. The van der Waals surface area contributed by atoms with Crippen LogP contribution in [0, 0.1) is 32.7 Å². The summed E-state index contributed by atoms with van der Waals surface area (Å²) in [6.45, 7) is -1.14. The average Bonchev–Trinajstić information content (AvgIpc) is 3.69. The molecule has 0 aliphatic carbocycles. The van der Waals surface area contributed by atoms with Crippen molar-refractivity contribution in [3.63, 3.8) is 0 Å². The summed E-state index contributed by atoms with van der Waals surface area (Å²) in [4.78, 5) is 13.1. The molecule has 5 heterocycles. The summed E-state index contributed by atoms with van der Waals surface area (Å²) >= 11 is 0. The number of rotatable bonds is 3. The Kier molecular flexibility index (Phi) is 5.98. The van der Waals surface area contributed by atoms with Crippen molar-refractivity contribution in [2.75, 3.05) is 0 Å². The molecule has 0 N–H and O–H groups in total. The molecule has 0 spiro atoms. The predicted octanol–water partition coefficient (Wildman–Crippen LogP) is 9.76. The van der Waals surface area contributed by atoms with E-state index in [-0.39, 0.29) is 48.2 Å². The fourth-order valence-corrected chi connectivity index (χ4v) is 6.30. The summed E-state index contributed by atoms with van der Waals surface area (Å²) in [5, 5.41) is 3.38. The molecule has 0 fully saturated rings. The van der Waals surface area contributed by atoms with Crippen molar-refractivity contribution < 1.29 is 41.3 Å². The first kappa shape index (κ1) is 22.2. The van der Waals surface area contributed by atoms with Crippen LogP contribution < -0.4 is 5.19 Å². The van der Waals surface area contributed by atoms with Gasteiger partial charge in [-0.15, -0.1) is 47.5 Å². The van der Waals surface area contributed by atoms with Gasteiger partial charge in [0.05, 0.1) is 24.6 Å². The van der Waals surface area contributed by atoms with Crippen molar-refractivity contribution in [3.05, 3.63) is 120 Å². The van der Waals surface area contributed by atoms with Gasteiger partial charge < -0.3 is 18.8 Å². The summed E-state index contributed by atoms with van der Waals surface area (Å²) in [6.07, 6.45) is 2.99. The quantitative estimate of drug-likeness (QED) is 0.132. The third kappa shape index (κ3) is 5.82. The third-order valence-corrected chi connectivity index (χ3v) is 9.67. The Morgan fingerprint density at radius 2 is 1.57 bits per heavy atom. The van der Waals surface area contributed by atoms with Crippen LogP contribution in [0.1, 0.15) is 29.2 Å². The second-order valence-corrected chi connectivity index (χ2v) is 16.8. The molecule has 0 atom stereocenters. The summed E-state index contributed by atoms with van der Waals surface area (Å²) < 4.78 is 83.0. The van der Waals surface area contributed by atoms with Gasteiger partial charge in [0.25, 0.3) is 0 Å². The van der Waals surface area contributed by atoms with E-state index in [9.17, 15) is 0 Å². The second kappa shape index (κ2) is 12.4. The summed E-state index contributed by atoms with van der Waals surface area (Å²) in [7, 11) is -1.23. The fraction of sp³-hybridized carbons (Fsp3) is 0.154. The largest absolute Gasteiger partial charge is 0.512 e. The van der Waals surface area contributed by atoms with Gasteiger partial charge >= 0.3 is 0 Å². The Morgan fingerprint density at radius 3 is 2.30 bits per heavy atom. The molecule has 0 saturated heterocycles. The van der Waals surface area contributed by atoms with Crippen LogP contribution in [0.5, 0.6) is 0 Å². The van der Waals surface area contributed by atoms with Gasteiger partial charge in [0.2, 0.25) is 0 Å². The molecular formula is C39H33IrN3O2Si-2. The zero-order valence-corrected chi connectivity index (χ0v) is 28.5. The Bertz CT molecular complexity index is 2660. The van der Waals surface area contributed by atoms with Crippen LogP contribution in [0.2, 0.25) is 19.6 Å². The molecule has 8 rings (SSSR count). The van der Waals surface area contributed by atoms with E-state index in [0.29, 0.717) is 27.5 Å². The standard InChI is InChI=1S/C25H17N2O2.C14H16NSi.Ir/c1-13-10-19(26-12-14(13)2)18-11-15(3)27-23-17-8-9-21-22(24(17)29-25(18)23)16-6-4-5-7-20(16)28-21;1-16(2,3)13-9-10-14(15-11-13)12-7-5-4-6-8-12;/h4-10,12H,1-3H3;4-7,9-11H,1-3H3;/q2*-1;/i1D3,2D3,3D3;;. The van der Waals surface area contributed by atoms with Crippen LogP contribution >= 0.6 is 0 Å². The molecule has 5 nitrogen and oxygen atoms in total. The van der Waals surface area contributed by atoms with Gasteiger partial charge in [-0.05, 0) is 66.6 Å². The van der Waals surface area contributed by atoms with Crippen LogP contribution in [0.15, 0.2) is 100 Å². The number of nitrogens with zero attached hydrogens (tertiary/aromatic N) is 3. The molecule has 46 heavy (non-hydrogen) atoms. The normalized spacial score (nSPS) is 15.2. The third-order valence-electron chi connectivity index (χ3n) is 7.64. The Hall–Kier alpha value is -4.42. The maximum atomic E-state index is 7.95. The second-order valence-electron chi connectivity index (χ2n) is 11.7. The summed E-state index contributed by atoms with van der Waals surface area (Å²) in [5.74, 6) is 0. The molecular weight excluding hydrogens is 763 g/mol. The molecule has 0 aliphatic heterocycles.